The standard InChI is InChI=1S/C11H12N2O.2C9H10O3.Cu/c1-9-8-11(14)13(12(9)2)10-6-4-3-5-7-10;2*1-7-4-2-3-5-8(7)12-6-9(10)11;/h3-8H,1-2H3;2*2-5H,6H2,1H3,(H,10,11);/q;;;+2/p-2. The van der Waals surface area contributed by atoms with Crippen molar-refractivity contribution in [3.63, 3.8) is 0 Å². The van der Waals surface area contributed by atoms with Gasteiger partial charge in [0.2, 0.25) is 0 Å². The molecule has 10 heteroatoms. The van der Waals surface area contributed by atoms with Crippen LogP contribution in [0.25, 0.3) is 5.69 Å². The molecule has 3 aromatic carbocycles. The molecule has 209 valence electrons. The van der Waals surface area contributed by atoms with Gasteiger partial charge in [0.1, 0.15) is 24.7 Å². The van der Waals surface area contributed by atoms with Gasteiger partial charge in [0.15, 0.2) is 0 Å². The number of nitrogens with zero attached hydrogens (tertiary/aromatic N) is 2. The fourth-order valence-corrected chi connectivity index (χ4v) is 3.22. The average Bonchev–Trinajstić information content (AvgIpc) is 3.15. The molecule has 4 rings (SSSR count). The van der Waals surface area contributed by atoms with Crippen molar-refractivity contribution in [1.29, 1.82) is 0 Å². The van der Waals surface area contributed by atoms with Crippen molar-refractivity contribution < 1.29 is 46.3 Å². The summed E-state index contributed by atoms with van der Waals surface area (Å²) in [6.07, 6.45) is 0. The van der Waals surface area contributed by atoms with E-state index in [0.29, 0.717) is 11.5 Å². The summed E-state index contributed by atoms with van der Waals surface area (Å²) in [4.78, 5) is 31.7. The summed E-state index contributed by atoms with van der Waals surface area (Å²) < 4.78 is 13.4. The SMILES string of the molecule is Cc1cc(=O)n(-c2ccccc2)n1C.Cc1ccccc1OCC(=O)[O-].Cc1ccccc1OCC(=O)[O-].[Cu+2]. The van der Waals surface area contributed by atoms with Crippen molar-refractivity contribution in [3.05, 3.63) is 112 Å². The third-order valence-corrected chi connectivity index (χ3v) is 5.23. The first-order chi connectivity index (χ1) is 18.1. The van der Waals surface area contributed by atoms with Gasteiger partial charge in [0.05, 0.1) is 17.6 Å². The monoisotopic (exact) mass is 581 g/mol. The number of aromatic nitrogens is 2. The van der Waals surface area contributed by atoms with Crippen molar-refractivity contribution in [2.45, 2.75) is 20.8 Å². The largest absolute Gasteiger partial charge is 2.00 e. The molecule has 1 radical (unpaired) electrons. The number of rotatable bonds is 7. The van der Waals surface area contributed by atoms with Crippen molar-refractivity contribution in [1.82, 2.24) is 9.36 Å². The third-order valence-electron chi connectivity index (χ3n) is 5.23. The van der Waals surface area contributed by atoms with Gasteiger partial charge in [0.25, 0.3) is 5.56 Å². The van der Waals surface area contributed by atoms with E-state index in [-0.39, 0.29) is 22.6 Å². The number of carboxylic acids is 2. The molecule has 0 N–H and O–H groups in total. The molecule has 0 aliphatic heterocycles. The summed E-state index contributed by atoms with van der Waals surface area (Å²) in [5.41, 5.74) is 3.70. The zero-order valence-electron chi connectivity index (χ0n) is 22.1. The van der Waals surface area contributed by atoms with Gasteiger partial charge >= 0.3 is 17.1 Å². The molecule has 0 saturated carbocycles. The number of hydrogen-bond acceptors (Lipinski definition) is 7. The van der Waals surface area contributed by atoms with Gasteiger partial charge in [-0.25, -0.2) is 4.68 Å². The van der Waals surface area contributed by atoms with Gasteiger partial charge in [-0.2, -0.15) is 0 Å². The van der Waals surface area contributed by atoms with Crippen LogP contribution in [0.3, 0.4) is 0 Å². The smallest absolute Gasteiger partial charge is 0.546 e. The van der Waals surface area contributed by atoms with Crippen LogP contribution in [0, 0.1) is 20.8 Å². The summed E-state index contributed by atoms with van der Waals surface area (Å²) in [7, 11) is 1.88. The van der Waals surface area contributed by atoms with Gasteiger partial charge < -0.3 is 29.3 Å². The molecule has 1 heterocycles. The number of aryl methyl sites for hydroxylation is 3. The van der Waals surface area contributed by atoms with Crippen molar-refractivity contribution in [2.75, 3.05) is 13.2 Å². The maximum absolute atomic E-state index is 11.6. The van der Waals surface area contributed by atoms with Crippen LogP contribution in [0.1, 0.15) is 16.8 Å². The Labute approximate surface area is 237 Å². The van der Waals surface area contributed by atoms with Gasteiger partial charge in [-0.15, -0.1) is 0 Å². The molecule has 0 spiro atoms. The number of carbonyl (C=O) groups excluding carboxylic acids is 2. The first kappa shape index (κ1) is 32.8. The van der Waals surface area contributed by atoms with E-state index in [4.69, 9.17) is 9.47 Å². The van der Waals surface area contributed by atoms with Crippen molar-refractivity contribution >= 4 is 11.9 Å². The predicted octanol–water partition coefficient (Wildman–Crippen LogP) is 1.73. The number of carboxylic acid groups (broad SMARTS) is 2. The van der Waals surface area contributed by atoms with Crippen LogP contribution < -0.4 is 25.2 Å². The van der Waals surface area contributed by atoms with E-state index in [1.54, 1.807) is 35.0 Å². The van der Waals surface area contributed by atoms with E-state index in [9.17, 15) is 24.6 Å². The molecule has 39 heavy (non-hydrogen) atoms. The van der Waals surface area contributed by atoms with Gasteiger partial charge in [-0.1, -0.05) is 54.6 Å². The summed E-state index contributed by atoms with van der Waals surface area (Å²) >= 11 is 0. The van der Waals surface area contributed by atoms with Crippen LogP contribution in [0.15, 0.2) is 89.7 Å². The minimum atomic E-state index is -1.21. The number of carbonyl (C=O) groups is 2. The third kappa shape index (κ3) is 10.9. The van der Waals surface area contributed by atoms with Gasteiger partial charge in [-0.3, -0.25) is 9.48 Å². The molecular weight excluding hydrogens is 552 g/mol. The molecule has 9 nitrogen and oxygen atoms in total. The zero-order valence-corrected chi connectivity index (χ0v) is 23.0. The summed E-state index contributed by atoms with van der Waals surface area (Å²) in [5.74, 6) is -1.25. The number of benzene rings is 3. The molecule has 0 saturated heterocycles. The molecular formula is C29H30CuN2O7. The van der Waals surface area contributed by atoms with Gasteiger partial charge in [0, 0.05) is 18.8 Å². The zero-order chi connectivity index (χ0) is 28.1. The molecule has 0 aliphatic carbocycles. The molecule has 0 amide bonds. The summed E-state index contributed by atoms with van der Waals surface area (Å²) in [6.45, 7) is 4.83. The van der Waals surface area contributed by atoms with Crippen molar-refractivity contribution in [2.24, 2.45) is 7.05 Å². The fraction of sp³-hybridized carbons (Fsp3) is 0.207. The predicted molar refractivity (Wildman–Crippen MR) is 139 cm³/mol. The number of para-hydroxylation sites is 3. The molecule has 0 fully saturated rings. The second-order valence-corrected chi connectivity index (χ2v) is 8.15. The molecule has 0 aliphatic rings. The van der Waals surface area contributed by atoms with E-state index in [1.807, 2.05) is 87.1 Å². The van der Waals surface area contributed by atoms with Crippen molar-refractivity contribution in [3.8, 4) is 17.2 Å². The van der Waals surface area contributed by atoms with Crippen LogP contribution in [0.5, 0.6) is 11.5 Å². The Morgan fingerprint density at radius 1 is 0.718 bits per heavy atom. The average molecular weight is 582 g/mol. The molecule has 0 unspecified atom stereocenters. The van der Waals surface area contributed by atoms with E-state index in [1.165, 1.54) is 0 Å². The summed E-state index contributed by atoms with van der Waals surface area (Å²) in [5, 5.41) is 20.1. The van der Waals surface area contributed by atoms with E-state index >= 15 is 0 Å². The number of aliphatic carboxylic acids is 2. The molecule has 4 aromatic rings. The topological polar surface area (TPSA) is 126 Å². The Balaban J connectivity index is 0.000000290. The normalized spacial score (nSPS) is 9.54. The van der Waals surface area contributed by atoms with Crippen LogP contribution in [-0.2, 0) is 33.7 Å². The van der Waals surface area contributed by atoms with Crippen LogP contribution in [0.4, 0.5) is 0 Å². The van der Waals surface area contributed by atoms with Crippen LogP contribution >= 0.6 is 0 Å². The Bertz CT molecular complexity index is 1340. The second kappa shape index (κ2) is 16.5. The van der Waals surface area contributed by atoms with Crippen LogP contribution in [0.2, 0.25) is 0 Å². The molecule has 0 bridgehead atoms. The number of ether oxygens (including phenoxy) is 2. The van der Waals surface area contributed by atoms with E-state index in [0.717, 1.165) is 22.5 Å². The maximum atomic E-state index is 11.6. The Morgan fingerprint density at radius 2 is 1.13 bits per heavy atom. The quantitative estimate of drug-likeness (QED) is 0.304. The van der Waals surface area contributed by atoms with Gasteiger partial charge in [-0.05, 0) is 56.2 Å². The second-order valence-electron chi connectivity index (χ2n) is 8.15. The van der Waals surface area contributed by atoms with E-state index < -0.39 is 25.2 Å². The summed E-state index contributed by atoms with van der Waals surface area (Å²) in [6, 6.07) is 25.7. The first-order valence-electron chi connectivity index (χ1n) is 11.7. The minimum absolute atomic E-state index is 0. The molecule has 1 aromatic heterocycles. The maximum Gasteiger partial charge on any atom is 2.00 e. The first-order valence-corrected chi connectivity index (χ1v) is 11.7. The molecule has 0 atom stereocenters. The number of hydrogen-bond donors (Lipinski definition) is 0. The fourth-order valence-electron chi connectivity index (χ4n) is 3.22. The van der Waals surface area contributed by atoms with Crippen LogP contribution in [-0.4, -0.2) is 34.5 Å². The Kier molecular flexibility index (Phi) is 13.9. The Hall–Kier alpha value is -4.27. The minimum Gasteiger partial charge on any atom is -0.546 e. The Morgan fingerprint density at radius 3 is 1.49 bits per heavy atom. The van der Waals surface area contributed by atoms with E-state index in [2.05, 4.69) is 0 Å².